The van der Waals surface area contributed by atoms with Crippen molar-refractivity contribution in [3.05, 3.63) is 65.2 Å². The van der Waals surface area contributed by atoms with Gasteiger partial charge in [-0.2, -0.15) is 0 Å². The van der Waals surface area contributed by atoms with Gasteiger partial charge >= 0.3 is 5.97 Å². The second-order valence-corrected chi connectivity index (χ2v) is 4.25. The Balaban J connectivity index is 2.52. The number of aromatic carboxylic acids is 1. The summed E-state index contributed by atoms with van der Waals surface area (Å²) in [6.45, 7) is 1.98. The van der Waals surface area contributed by atoms with E-state index in [4.69, 9.17) is 5.73 Å². The Bertz CT molecular complexity index is 564. The van der Waals surface area contributed by atoms with Crippen LogP contribution in [0.5, 0.6) is 0 Å². The molecule has 2 rings (SSSR count). The molecule has 0 aliphatic carbocycles. The van der Waals surface area contributed by atoms with Crippen molar-refractivity contribution in [2.75, 3.05) is 5.73 Å². The van der Waals surface area contributed by atoms with Crippen LogP contribution in [0.2, 0.25) is 0 Å². The van der Waals surface area contributed by atoms with Crippen LogP contribution in [-0.4, -0.2) is 11.1 Å². The van der Waals surface area contributed by atoms with Crippen LogP contribution >= 0.6 is 0 Å². The summed E-state index contributed by atoms with van der Waals surface area (Å²) < 4.78 is 0. The van der Waals surface area contributed by atoms with Crippen LogP contribution in [-0.2, 0) is 0 Å². The predicted octanol–water partition coefficient (Wildman–Crippen LogP) is 3.12. The summed E-state index contributed by atoms with van der Waals surface area (Å²) in [7, 11) is 0. The van der Waals surface area contributed by atoms with E-state index < -0.39 is 5.97 Å². The van der Waals surface area contributed by atoms with Crippen LogP contribution in [0.4, 0.5) is 5.69 Å². The third-order valence-electron chi connectivity index (χ3n) is 3.11. The number of benzene rings is 2. The molecule has 1 atom stereocenters. The summed E-state index contributed by atoms with van der Waals surface area (Å²) in [6.07, 6.45) is 0. The van der Waals surface area contributed by atoms with Crippen LogP contribution in [0.1, 0.15) is 34.3 Å². The largest absolute Gasteiger partial charge is 0.478 e. The summed E-state index contributed by atoms with van der Waals surface area (Å²) in [5.74, 6) is -0.980. The summed E-state index contributed by atoms with van der Waals surface area (Å²) in [5.41, 5.74) is 8.09. The number of hydrogen-bond donors (Lipinski definition) is 2. The minimum atomic E-state index is -0.981. The number of carboxylic acid groups (broad SMARTS) is 1. The molecule has 2 aromatic carbocycles. The maximum absolute atomic E-state index is 11.3. The van der Waals surface area contributed by atoms with Crippen molar-refractivity contribution in [3.8, 4) is 0 Å². The highest BCUT2D eigenvalue weighted by Crippen LogP contribution is 2.29. The van der Waals surface area contributed by atoms with Gasteiger partial charge in [0.2, 0.25) is 0 Å². The van der Waals surface area contributed by atoms with Gasteiger partial charge in [0.15, 0.2) is 0 Å². The molecule has 3 heteroatoms. The first-order valence-electron chi connectivity index (χ1n) is 5.78. The molecule has 18 heavy (non-hydrogen) atoms. The molecule has 0 fully saturated rings. The Kier molecular flexibility index (Phi) is 3.33. The Morgan fingerprint density at radius 3 is 2.39 bits per heavy atom. The van der Waals surface area contributed by atoms with Crippen LogP contribution in [0.25, 0.3) is 0 Å². The lowest BCUT2D eigenvalue weighted by molar-refractivity contribution is 0.0696. The molecule has 0 aliphatic heterocycles. The Labute approximate surface area is 106 Å². The number of carboxylic acids is 1. The molecule has 0 amide bonds. The number of anilines is 1. The second-order valence-electron chi connectivity index (χ2n) is 4.25. The van der Waals surface area contributed by atoms with Crippen molar-refractivity contribution < 1.29 is 9.90 Å². The van der Waals surface area contributed by atoms with Crippen LogP contribution in [0.15, 0.2) is 48.5 Å². The molecule has 2 aromatic rings. The van der Waals surface area contributed by atoms with Gasteiger partial charge in [-0.15, -0.1) is 0 Å². The van der Waals surface area contributed by atoms with Crippen molar-refractivity contribution in [2.45, 2.75) is 12.8 Å². The Morgan fingerprint density at radius 2 is 1.78 bits per heavy atom. The van der Waals surface area contributed by atoms with E-state index in [2.05, 4.69) is 0 Å². The van der Waals surface area contributed by atoms with Gasteiger partial charge in [0.05, 0.1) is 5.56 Å². The van der Waals surface area contributed by atoms with E-state index in [9.17, 15) is 9.90 Å². The van der Waals surface area contributed by atoms with Gasteiger partial charge in [-0.05, 0) is 17.2 Å². The number of hydrogen-bond acceptors (Lipinski definition) is 2. The Morgan fingerprint density at radius 1 is 1.11 bits per heavy atom. The van der Waals surface area contributed by atoms with Gasteiger partial charge < -0.3 is 10.8 Å². The highest BCUT2D eigenvalue weighted by molar-refractivity contribution is 5.95. The fourth-order valence-corrected chi connectivity index (χ4v) is 2.12. The zero-order valence-electron chi connectivity index (χ0n) is 10.1. The van der Waals surface area contributed by atoms with Crippen molar-refractivity contribution in [2.24, 2.45) is 0 Å². The zero-order valence-corrected chi connectivity index (χ0v) is 10.1. The molecule has 0 bridgehead atoms. The molecular formula is C15H15NO2. The van der Waals surface area contributed by atoms with Gasteiger partial charge in [-0.3, -0.25) is 0 Å². The normalized spacial score (nSPS) is 12.1. The molecule has 0 aliphatic rings. The zero-order chi connectivity index (χ0) is 13.1. The fraction of sp³-hybridized carbons (Fsp3) is 0.133. The number of nitrogen functional groups attached to an aromatic ring is 1. The van der Waals surface area contributed by atoms with Crippen LogP contribution in [0.3, 0.4) is 0 Å². The number of carbonyl (C=O) groups is 1. The minimum Gasteiger partial charge on any atom is -0.478 e. The van der Waals surface area contributed by atoms with E-state index in [1.807, 2.05) is 43.3 Å². The molecule has 3 nitrogen and oxygen atoms in total. The molecule has 0 saturated carbocycles. The average Bonchev–Trinajstić information content (AvgIpc) is 2.38. The van der Waals surface area contributed by atoms with Gasteiger partial charge in [-0.1, -0.05) is 49.4 Å². The van der Waals surface area contributed by atoms with E-state index in [1.165, 1.54) is 0 Å². The SMILES string of the molecule is CC(c1ccccc1)c1cccc(N)c1C(=O)O. The molecular weight excluding hydrogens is 226 g/mol. The topological polar surface area (TPSA) is 63.3 Å². The van der Waals surface area contributed by atoms with Gasteiger partial charge in [0.25, 0.3) is 0 Å². The first-order valence-corrected chi connectivity index (χ1v) is 5.78. The van der Waals surface area contributed by atoms with E-state index >= 15 is 0 Å². The van der Waals surface area contributed by atoms with E-state index in [1.54, 1.807) is 12.1 Å². The standard InChI is InChI=1S/C15H15NO2/c1-10(11-6-3-2-4-7-11)12-8-5-9-13(16)14(12)15(17)18/h2-10H,16H2,1H3,(H,17,18). The maximum atomic E-state index is 11.3. The monoisotopic (exact) mass is 241 g/mol. The van der Waals surface area contributed by atoms with Crippen molar-refractivity contribution in [3.63, 3.8) is 0 Å². The average molecular weight is 241 g/mol. The summed E-state index contributed by atoms with van der Waals surface area (Å²) in [5, 5.41) is 9.26. The van der Waals surface area contributed by atoms with E-state index in [0.717, 1.165) is 11.1 Å². The van der Waals surface area contributed by atoms with Crippen molar-refractivity contribution >= 4 is 11.7 Å². The third-order valence-corrected chi connectivity index (χ3v) is 3.11. The van der Waals surface area contributed by atoms with E-state index in [-0.39, 0.29) is 11.5 Å². The van der Waals surface area contributed by atoms with Crippen molar-refractivity contribution in [1.82, 2.24) is 0 Å². The minimum absolute atomic E-state index is 0.000741. The molecule has 0 heterocycles. The lowest BCUT2D eigenvalue weighted by Gasteiger charge is -2.16. The van der Waals surface area contributed by atoms with E-state index in [0.29, 0.717) is 5.69 Å². The van der Waals surface area contributed by atoms with Gasteiger partial charge in [0.1, 0.15) is 0 Å². The highest BCUT2D eigenvalue weighted by atomic mass is 16.4. The first-order chi connectivity index (χ1) is 8.61. The maximum Gasteiger partial charge on any atom is 0.338 e. The summed E-state index contributed by atoms with van der Waals surface area (Å²) in [6, 6.07) is 15.0. The fourth-order valence-electron chi connectivity index (χ4n) is 2.12. The Hall–Kier alpha value is -2.29. The second kappa shape index (κ2) is 4.92. The molecule has 3 N–H and O–H groups in total. The lowest BCUT2D eigenvalue weighted by Crippen LogP contribution is -2.09. The lowest BCUT2D eigenvalue weighted by atomic mass is 9.89. The van der Waals surface area contributed by atoms with Crippen LogP contribution in [0, 0.1) is 0 Å². The smallest absolute Gasteiger partial charge is 0.338 e. The quantitative estimate of drug-likeness (QED) is 0.811. The molecule has 92 valence electrons. The molecule has 0 radical (unpaired) electrons. The number of nitrogens with two attached hydrogens (primary N) is 1. The van der Waals surface area contributed by atoms with Gasteiger partial charge in [0, 0.05) is 11.6 Å². The molecule has 0 saturated heterocycles. The highest BCUT2D eigenvalue weighted by Gasteiger charge is 2.18. The predicted molar refractivity (Wildman–Crippen MR) is 71.8 cm³/mol. The molecule has 0 spiro atoms. The first kappa shape index (κ1) is 12.2. The third kappa shape index (κ3) is 2.20. The van der Waals surface area contributed by atoms with Crippen molar-refractivity contribution in [1.29, 1.82) is 0 Å². The molecule has 0 aromatic heterocycles. The van der Waals surface area contributed by atoms with Gasteiger partial charge in [-0.25, -0.2) is 4.79 Å². The summed E-state index contributed by atoms with van der Waals surface area (Å²) >= 11 is 0. The van der Waals surface area contributed by atoms with Crippen LogP contribution < -0.4 is 5.73 Å². The summed E-state index contributed by atoms with van der Waals surface area (Å²) in [4.78, 5) is 11.3. The number of rotatable bonds is 3. The molecule has 1 unspecified atom stereocenters.